The van der Waals surface area contributed by atoms with Crippen molar-refractivity contribution >= 4 is 11.8 Å². The van der Waals surface area contributed by atoms with E-state index in [-0.39, 0.29) is 18.0 Å². The predicted molar refractivity (Wildman–Crippen MR) is 104 cm³/mol. The highest BCUT2D eigenvalue weighted by Gasteiger charge is 2.36. The molecule has 0 bridgehead atoms. The molecule has 7 nitrogen and oxygen atoms in total. The van der Waals surface area contributed by atoms with Gasteiger partial charge in [-0.15, -0.1) is 0 Å². The molecule has 1 aromatic carbocycles. The third-order valence-corrected chi connectivity index (χ3v) is 5.64. The van der Waals surface area contributed by atoms with Crippen molar-refractivity contribution in [3.63, 3.8) is 0 Å². The Bertz CT molecular complexity index is 878. The molecule has 3 unspecified atom stereocenters. The summed E-state index contributed by atoms with van der Waals surface area (Å²) in [6.07, 6.45) is 2.48. The van der Waals surface area contributed by atoms with E-state index < -0.39 is 5.91 Å². The lowest BCUT2D eigenvalue weighted by molar-refractivity contribution is -0.132. The molecule has 148 valence electrons. The van der Waals surface area contributed by atoms with Gasteiger partial charge in [-0.05, 0) is 61.9 Å². The molecule has 0 aliphatic carbocycles. The molecule has 2 aliphatic rings. The molecular weight excluding hydrogens is 356 g/mol. The summed E-state index contributed by atoms with van der Waals surface area (Å²) in [7, 11) is 0. The van der Waals surface area contributed by atoms with Gasteiger partial charge in [-0.2, -0.15) is 0 Å². The van der Waals surface area contributed by atoms with Crippen LogP contribution in [0, 0.1) is 12.8 Å². The average Bonchev–Trinajstić information content (AvgIpc) is 3.42. The van der Waals surface area contributed by atoms with E-state index in [9.17, 15) is 9.59 Å². The fraction of sp³-hybridized carbons (Fsp3) is 0.429. The molecule has 2 saturated heterocycles. The average molecular weight is 382 g/mol. The number of aryl methyl sites for hydroxylation is 1. The van der Waals surface area contributed by atoms with Crippen LogP contribution in [-0.2, 0) is 11.2 Å². The molecule has 7 heteroatoms. The summed E-state index contributed by atoms with van der Waals surface area (Å²) in [6, 6.07) is 11.1. The fourth-order valence-corrected chi connectivity index (χ4v) is 4.15. The van der Waals surface area contributed by atoms with Gasteiger partial charge in [0.15, 0.2) is 0 Å². The second-order valence-electron chi connectivity index (χ2n) is 7.79. The van der Waals surface area contributed by atoms with Crippen LogP contribution in [0.4, 0.5) is 0 Å². The van der Waals surface area contributed by atoms with Gasteiger partial charge in [-0.25, -0.2) is 10.9 Å². The van der Waals surface area contributed by atoms with Gasteiger partial charge in [0.2, 0.25) is 11.8 Å². The van der Waals surface area contributed by atoms with Gasteiger partial charge < -0.3 is 15.1 Å². The SMILES string of the molecule is Cc1ccc(C2CC(C(=O)N3CCC(Cc4cccc(C(N)=O)c4)C3)NN2)o1. The van der Waals surface area contributed by atoms with Crippen LogP contribution >= 0.6 is 0 Å². The van der Waals surface area contributed by atoms with Crippen molar-refractivity contribution < 1.29 is 14.0 Å². The zero-order valence-corrected chi connectivity index (χ0v) is 16.0. The van der Waals surface area contributed by atoms with Gasteiger partial charge >= 0.3 is 0 Å². The number of hydrogen-bond acceptors (Lipinski definition) is 5. The standard InChI is InChI=1S/C21H26N4O3/c1-13-5-6-19(28-13)17-11-18(24-23-17)21(27)25-8-7-15(12-25)9-14-3-2-4-16(10-14)20(22)26/h2-6,10,15,17-18,23-24H,7-9,11-12H2,1H3,(H2,22,26). The summed E-state index contributed by atoms with van der Waals surface area (Å²) in [4.78, 5) is 26.2. The summed E-state index contributed by atoms with van der Waals surface area (Å²) in [5.74, 6) is 1.84. The molecule has 2 aliphatic heterocycles. The first-order valence-corrected chi connectivity index (χ1v) is 9.74. The minimum atomic E-state index is -0.411. The number of nitrogens with two attached hydrogens (primary N) is 1. The molecule has 4 rings (SSSR count). The van der Waals surface area contributed by atoms with E-state index in [0.29, 0.717) is 17.9 Å². The molecular formula is C21H26N4O3. The number of benzene rings is 1. The van der Waals surface area contributed by atoms with Gasteiger partial charge in [0, 0.05) is 18.7 Å². The number of primary amides is 1. The summed E-state index contributed by atoms with van der Waals surface area (Å²) >= 11 is 0. The Morgan fingerprint density at radius 3 is 2.86 bits per heavy atom. The van der Waals surface area contributed by atoms with Crippen LogP contribution in [0.2, 0.25) is 0 Å². The summed E-state index contributed by atoms with van der Waals surface area (Å²) in [5, 5.41) is 0. The Hall–Kier alpha value is -2.64. The lowest BCUT2D eigenvalue weighted by atomic mass is 9.97. The molecule has 3 atom stereocenters. The van der Waals surface area contributed by atoms with Crippen LogP contribution in [0.3, 0.4) is 0 Å². The normalized spacial score (nSPS) is 24.6. The second-order valence-corrected chi connectivity index (χ2v) is 7.79. The molecule has 2 aromatic rings. The Morgan fingerprint density at radius 2 is 2.11 bits per heavy atom. The van der Waals surface area contributed by atoms with Crippen molar-refractivity contribution in [2.75, 3.05) is 13.1 Å². The monoisotopic (exact) mass is 382 g/mol. The Morgan fingerprint density at radius 1 is 1.25 bits per heavy atom. The second kappa shape index (κ2) is 7.77. The first-order chi connectivity index (χ1) is 13.5. The van der Waals surface area contributed by atoms with Crippen molar-refractivity contribution in [2.24, 2.45) is 11.7 Å². The zero-order chi connectivity index (χ0) is 19.7. The third kappa shape index (κ3) is 3.95. The third-order valence-electron chi connectivity index (χ3n) is 5.64. The van der Waals surface area contributed by atoms with Crippen LogP contribution in [0.25, 0.3) is 0 Å². The molecule has 2 fully saturated rings. The largest absolute Gasteiger partial charge is 0.465 e. The lowest BCUT2D eigenvalue weighted by Crippen LogP contribution is -2.44. The molecule has 28 heavy (non-hydrogen) atoms. The maximum Gasteiger partial charge on any atom is 0.248 e. The van der Waals surface area contributed by atoms with Gasteiger partial charge in [0.1, 0.15) is 17.6 Å². The molecule has 0 radical (unpaired) electrons. The molecule has 2 amide bonds. The molecule has 0 saturated carbocycles. The van der Waals surface area contributed by atoms with Gasteiger partial charge in [-0.3, -0.25) is 9.59 Å². The molecule has 1 aromatic heterocycles. The maximum absolute atomic E-state index is 12.9. The van der Waals surface area contributed by atoms with E-state index in [1.54, 1.807) is 6.07 Å². The minimum Gasteiger partial charge on any atom is -0.465 e. The van der Waals surface area contributed by atoms with Crippen LogP contribution < -0.4 is 16.6 Å². The van der Waals surface area contributed by atoms with E-state index in [0.717, 1.165) is 43.0 Å². The quantitative estimate of drug-likeness (QED) is 0.731. The van der Waals surface area contributed by atoms with Crippen molar-refractivity contribution in [1.82, 2.24) is 15.8 Å². The fourth-order valence-electron chi connectivity index (χ4n) is 4.15. The van der Waals surface area contributed by atoms with E-state index in [2.05, 4.69) is 10.9 Å². The highest BCUT2D eigenvalue weighted by atomic mass is 16.3. The maximum atomic E-state index is 12.9. The minimum absolute atomic E-state index is 0.0117. The number of hydrazine groups is 1. The predicted octanol–water partition coefficient (Wildman–Crippen LogP) is 1.69. The first kappa shape index (κ1) is 18.7. The van der Waals surface area contributed by atoms with E-state index in [1.807, 2.05) is 42.2 Å². The summed E-state index contributed by atoms with van der Waals surface area (Å²) < 4.78 is 5.67. The number of carbonyl (C=O) groups is 2. The highest BCUT2D eigenvalue weighted by Crippen LogP contribution is 2.27. The Kier molecular flexibility index (Phi) is 5.19. The summed E-state index contributed by atoms with van der Waals surface area (Å²) in [5.41, 5.74) is 13.3. The van der Waals surface area contributed by atoms with Gasteiger partial charge in [-0.1, -0.05) is 12.1 Å². The number of nitrogens with one attached hydrogen (secondary N) is 2. The van der Waals surface area contributed by atoms with Crippen molar-refractivity contribution in [2.45, 2.75) is 38.3 Å². The number of furan rings is 1. The number of carbonyl (C=O) groups excluding carboxylic acids is 2. The Balaban J connectivity index is 1.32. The number of nitrogens with zero attached hydrogens (tertiary/aromatic N) is 1. The number of rotatable bonds is 5. The van der Waals surface area contributed by atoms with Crippen LogP contribution in [-0.4, -0.2) is 35.8 Å². The zero-order valence-electron chi connectivity index (χ0n) is 16.0. The van der Waals surface area contributed by atoms with Crippen molar-refractivity contribution in [3.05, 3.63) is 59.0 Å². The number of hydrogen-bond donors (Lipinski definition) is 3. The van der Waals surface area contributed by atoms with Crippen LogP contribution in [0.5, 0.6) is 0 Å². The van der Waals surface area contributed by atoms with Crippen molar-refractivity contribution in [3.8, 4) is 0 Å². The van der Waals surface area contributed by atoms with Crippen molar-refractivity contribution in [1.29, 1.82) is 0 Å². The molecule has 4 N–H and O–H groups in total. The topological polar surface area (TPSA) is 101 Å². The lowest BCUT2D eigenvalue weighted by Gasteiger charge is -2.20. The summed E-state index contributed by atoms with van der Waals surface area (Å²) in [6.45, 7) is 3.42. The van der Waals surface area contributed by atoms with Crippen LogP contribution in [0.15, 0.2) is 40.8 Å². The van der Waals surface area contributed by atoms with E-state index in [1.165, 1.54) is 0 Å². The van der Waals surface area contributed by atoms with Gasteiger partial charge in [0.05, 0.1) is 6.04 Å². The molecule has 3 heterocycles. The van der Waals surface area contributed by atoms with E-state index >= 15 is 0 Å². The van der Waals surface area contributed by atoms with Crippen LogP contribution in [0.1, 0.15) is 46.3 Å². The van der Waals surface area contributed by atoms with E-state index in [4.69, 9.17) is 10.2 Å². The number of likely N-dealkylation sites (tertiary alicyclic amines) is 1. The molecule has 0 spiro atoms. The van der Waals surface area contributed by atoms with Gasteiger partial charge in [0.25, 0.3) is 0 Å². The smallest absolute Gasteiger partial charge is 0.248 e. The highest BCUT2D eigenvalue weighted by molar-refractivity contribution is 5.92. The first-order valence-electron chi connectivity index (χ1n) is 9.74. The Labute approximate surface area is 164 Å². The number of amides is 2.